The van der Waals surface area contributed by atoms with E-state index in [1.807, 2.05) is 29.2 Å². The fourth-order valence-electron chi connectivity index (χ4n) is 3.87. The van der Waals surface area contributed by atoms with Crippen LogP contribution < -0.4 is 5.56 Å². The van der Waals surface area contributed by atoms with Crippen LogP contribution in [-0.4, -0.2) is 39.2 Å². The molecule has 2 unspecified atom stereocenters. The van der Waals surface area contributed by atoms with E-state index in [-0.39, 0.29) is 11.5 Å². The van der Waals surface area contributed by atoms with Crippen LogP contribution in [0.1, 0.15) is 34.1 Å². The number of nitrogens with zero attached hydrogens (tertiary/aromatic N) is 3. The number of carbonyl (C=O) groups excluding carboxylic acids is 1. The number of rotatable bonds is 5. The number of benzene rings is 1. The molecule has 0 N–H and O–H groups in total. The Morgan fingerprint density at radius 2 is 1.89 bits per heavy atom. The molecular formula is C21H29N3O2S. The average Bonchev–Trinajstić information content (AvgIpc) is 2.61. The van der Waals surface area contributed by atoms with Gasteiger partial charge < -0.3 is 4.90 Å². The van der Waals surface area contributed by atoms with Gasteiger partial charge in [-0.1, -0.05) is 51.6 Å². The van der Waals surface area contributed by atoms with Crippen LogP contribution in [0.25, 0.3) is 10.9 Å². The molecule has 1 aromatic carbocycles. The van der Waals surface area contributed by atoms with Crippen LogP contribution in [0.5, 0.6) is 0 Å². The summed E-state index contributed by atoms with van der Waals surface area (Å²) in [5, 5.41) is 1.27. The van der Waals surface area contributed by atoms with E-state index in [1.165, 1.54) is 18.2 Å². The lowest BCUT2D eigenvalue weighted by Crippen LogP contribution is -2.43. The van der Waals surface area contributed by atoms with Gasteiger partial charge in [0.15, 0.2) is 5.16 Å². The monoisotopic (exact) mass is 387 g/mol. The second-order valence-electron chi connectivity index (χ2n) is 8.25. The summed E-state index contributed by atoms with van der Waals surface area (Å²) >= 11 is 1.38. The first kappa shape index (κ1) is 19.9. The summed E-state index contributed by atoms with van der Waals surface area (Å²) in [5.74, 6) is 1.87. The van der Waals surface area contributed by atoms with Crippen molar-refractivity contribution in [3.8, 4) is 0 Å². The Kier molecular flexibility index (Phi) is 6.25. The van der Waals surface area contributed by atoms with E-state index in [4.69, 9.17) is 4.98 Å². The van der Waals surface area contributed by atoms with Crippen molar-refractivity contribution in [3.05, 3.63) is 34.6 Å². The minimum Gasteiger partial charge on any atom is -0.341 e. The molecule has 1 amide bonds. The number of likely N-dealkylation sites (tertiary alicyclic amines) is 1. The van der Waals surface area contributed by atoms with Crippen molar-refractivity contribution in [3.63, 3.8) is 0 Å². The van der Waals surface area contributed by atoms with Crippen molar-refractivity contribution >= 4 is 28.6 Å². The first-order valence-corrected chi connectivity index (χ1v) is 10.7. The minimum atomic E-state index is -0.0236. The molecule has 1 aromatic heterocycles. The van der Waals surface area contributed by atoms with E-state index in [2.05, 4.69) is 27.7 Å². The van der Waals surface area contributed by atoms with Gasteiger partial charge in [0.2, 0.25) is 5.91 Å². The van der Waals surface area contributed by atoms with Gasteiger partial charge in [0.1, 0.15) is 0 Å². The normalized spacial score (nSPS) is 20.4. The summed E-state index contributed by atoms with van der Waals surface area (Å²) in [4.78, 5) is 32.3. The number of hydrogen-bond donors (Lipinski definition) is 0. The molecule has 2 aromatic rings. The molecule has 6 heteroatoms. The van der Waals surface area contributed by atoms with Gasteiger partial charge in [-0.25, -0.2) is 4.98 Å². The highest BCUT2D eigenvalue weighted by molar-refractivity contribution is 7.99. The lowest BCUT2D eigenvalue weighted by atomic mass is 9.92. The van der Waals surface area contributed by atoms with Crippen LogP contribution in [0.4, 0.5) is 0 Å². The zero-order valence-corrected chi connectivity index (χ0v) is 17.5. The molecule has 1 aliphatic rings. The lowest BCUT2D eigenvalue weighted by Gasteiger charge is -2.35. The van der Waals surface area contributed by atoms with Crippen LogP contribution in [0.3, 0.4) is 0 Å². The molecule has 27 heavy (non-hydrogen) atoms. The van der Waals surface area contributed by atoms with Crippen molar-refractivity contribution in [2.45, 2.75) is 45.8 Å². The van der Waals surface area contributed by atoms with Crippen LogP contribution in [-0.2, 0) is 11.3 Å². The van der Waals surface area contributed by atoms with Crippen molar-refractivity contribution in [2.24, 2.45) is 17.8 Å². The highest BCUT2D eigenvalue weighted by Crippen LogP contribution is 2.23. The predicted molar refractivity (Wildman–Crippen MR) is 111 cm³/mol. The van der Waals surface area contributed by atoms with Crippen molar-refractivity contribution < 1.29 is 4.79 Å². The van der Waals surface area contributed by atoms with Crippen molar-refractivity contribution in [1.82, 2.24) is 14.5 Å². The molecule has 0 saturated carbocycles. The predicted octanol–water partition coefficient (Wildman–Crippen LogP) is 3.65. The number of fused-ring (bicyclic) bond motifs is 1. The lowest BCUT2D eigenvalue weighted by molar-refractivity contribution is -0.130. The summed E-state index contributed by atoms with van der Waals surface area (Å²) in [6.45, 7) is 10.8. The largest absolute Gasteiger partial charge is 0.341 e. The second-order valence-corrected chi connectivity index (χ2v) is 9.20. The Bertz CT molecular complexity index is 867. The van der Waals surface area contributed by atoms with Crippen LogP contribution in [0.15, 0.2) is 34.2 Å². The molecule has 0 spiro atoms. The maximum Gasteiger partial charge on any atom is 0.262 e. The van der Waals surface area contributed by atoms with E-state index >= 15 is 0 Å². The molecule has 146 valence electrons. The van der Waals surface area contributed by atoms with Crippen LogP contribution >= 0.6 is 11.8 Å². The molecule has 3 rings (SSSR count). The van der Waals surface area contributed by atoms with E-state index < -0.39 is 0 Å². The SMILES string of the molecule is CC(C)Cn1c(SCC(=O)N2CC(C)CC(C)C2)nc2ccccc2c1=O. The Balaban J connectivity index is 1.83. The number of hydrogen-bond acceptors (Lipinski definition) is 4. The third-order valence-corrected chi connectivity index (χ3v) is 5.88. The van der Waals surface area contributed by atoms with Crippen LogP contribution in [0, 0.1) is 17.8 Å². The Labute approximate surface area is 165 Å². The molecule has 1 fully saturated rings. The first-order chi connectivity index (χ1) is 12.8. The standard InChI is InChI=1S/C21H29N3O2S/c1-14(2)10-24-20(26)17-7-5-6-8-18(17)22-21(24)27-13-19(25)23-11-15(3)9-16(4)12-23/h5-8,14-16H,9-13H2,1-4H3. The van der Waals surface area contributed by atoms with Gasteiger partial charge in [-0.15, -0.1) is 0 Å². The quantitative estimate of drug-likeness (QED) is 0.580. The fourth-order valence-corrected chi connectivity index (χ4v) is 4.78. The summed E-state index contributed by atoms with van der Waals surface area (Å²) in [6, 6.07) is 7.42. The number of para-hydroxylation sites is 1. The van der Waals surface area contributed by atoms with Gasteiger partial charge in [-0.2, -0.15) is 0 Å². The molecule has 1 saturated heterocycles. The molecular weight excluding hydrogens is 358 g/mol. The summed E-state index contributed by atoms with van der Waals surface area (Å²) in [6.07, 6.45) is 1.18. The highest BCUT2D eigenvalue weighted by atomic mass is 32.2. The van der Waals surface area contributed by atoms with E-state index in [1.54, 1.807) is 4.57 Å². The number of thioether (sulfide) groups is 1. The summed E-state index contributed by atoms with van der Waals surface area (Å²) in [5.41, 5.74) is 0.669. The maximum atomic E-state index is 12.9. The van der Waals surface area contributed by atoms with Gasteiger partial charge in [-0.05, 0) is 36.3 Å². The van der Waals surface area contributed by atoms with Gasteiger partial charge >= 0.3 is 0 Å². The Hall–Kier alpha value is -1.82. The van der Waals surface area contributed by atoms with Crippen molar-refractivity contribution in [1.29, 1.82) is 0 Å². The zero-order chi connectivity index (χ0) is 19.6. The molecule has 2 heterocycles. The zero-order valence-electron chi connectivity index (χ0n) is 16.6. The number of piperidine rings is 1. The first-order valence-electron chi connectivity index (χ1n) is 9.75. The molecule has 0 bridgehead atoms. The van der Waals surface area contributed by atoms with Crippen LogP contribution in [0.2, 0.25) is 0 Å². The second kappa shape index (κ2) is 8.46. The third-order valence-electron chi connectivity index (χ3n) is 4.92. The third kappa shape index (κ3) is 4.72. The van der Waals surface area contributed by atoms with E-state index in [0.717, 1.165) is 13.1 Å². The Morgan fingerprint density at radius 3 is 2.56 bits per heavy atom. The number of carbonyl (C=O) groups is 1. The average molecular weight is 388 g/mol. The number of aromatic nitrogens is 2. The smallest absolute Gasteiger partial charge is 0.262 e. The van der Waals surface area contributed by atoms with E-state index in [9.17, 15) is 9.59 Å². The van der Waals surface area contributed by atoms with Gasteiger partial charge in [0.05, 0.1) is 16.7 Å². The topological polar surface area (TPSA) is 55.2 Å². The minimum absolute atomic E-state index is 0.0236. The molecule has 0 radical (unpaired) electrons. The molecule has 1 aliphatic heterocycles. The summed E-state index contributed by atoms with van der Waals surface area (Å²) < 4.78 is 1.73. The maximum absolute atomic E-state index is 12.9. The summed E-state index contributed by atoms with van der Waals surface area (Å²) in [7, 11) is 0. The number of amides is 1. The van der Waals surface area contributed by atoms with Gasteiger partial charge in [0, 0.05) is 19.6 Å². The van der Waals surface area contributed by atoms with Gasteiger partial charge in [-0.3, -0.25) is 14.2 Å². The Morgan fingerprint density at radius 1 is 1.22 bits per heavy atom. The highest BCUT2D eigenvalue weighted by Gasteiger charge is 2.25. The van der Waals surface area contributed by atoms with E-state index in [0.29, 0.717) is 46.1 Å². The molecule has 2 atom stereocenters. The molecule has 5 nitrogen and oxygen atoms in total. The van der Waals surface area contributed by atoms with Gasteiger partial charge in [0.25, 0.3) is 5.56 Å². The van der Waals surface area contributed by atoms with Crippen molar-refractivity contribution in [2.75, 3.05) is 18.8 Å². The molecule has 0 aliphatic carbocycles. The fraction of sp³-hybridized carbons (Fsp3) is 0.571.